The molecule has 2 rings (SSSR count). The summed E-state index contributed by atoms with van der Waals surface area (Å²) >= 11 is 0. The molecule has 0 radical (unpaired) electrons. The van der Waals surface area contributed by atoms with Crippen molar-refractivity contribution >= 4 is 22.7 Å². The second-order valence-electron chi connectivity index (χ2n) is 3.43. The van der Waals surface area contributed by atoms with Gasteiger partial charge in [0.2, 0.25) is 5.52 Å². The summed E-state index contributed by atoms with van der Waals surface area (Å²) in [6.07, 6.45) is -5.11. The topological polar surface area (TPSA) is 137 Å². The second-order valence-corrected chi connectivity index (χ2v) is 3.43. The van der Waals surface area contributed by atoms with Crippen molar-refractivity contribution in [1.82, 2.24) is 14.7 Å². The molecule has 0 aliphatic carbocycles. The fraction of sp³-hybridized carbons (Fsp3) is 0.143. The van der Waals surface area contributed by atoms with Gasteiger partial charge in [-0.25, -0.2) is 0 Å². The number of nitrogens with zero attached hydrogens (tertiary/aromatic N) is 5. The average Bonchev–Trinajstić information content (AvgIpc) is 2.65. The predicted molar refractivity (Wildman–Crippen MR) is 53.0 cm³/mol. The fourth-order valence-corrected chi connectivity index (χ4v) is 1.45. The molecule has 0 unspecified atom stereocenters. The summed E-state index contributed by atoms with van der Waals surface area (Å²) in [6, 6.07) is 0.330. The van der Waals surface area contributed by atoms with E-state index in [4.69, 9.17) is 0 Å². The minimum atomic E-state index is -5.11. The van der Waals surface area contributed by atoms with Crippen LogP contribution in [0.1, 0.15) is 5.82 Å². The molecule has 0 atom stereocenters. The number of aromatic nitrogens is 3. The summed E-state index contributed by atoms with van der Waals surface area (Å²) in [4.78, 5) is 24.9. The largest absolute Gasteiger partial charge is 0.453 e. The highest BCUT2D eigenvalue weighted by Crippen LogP contribution is 2.34. The monoisotopic (exact) mass is 293 g/mol. The van der Waals surface area contributed by atoms with Crippen LogP contribution in [-0.4, -0.2) is 29.8 Å². The number of pyridine rings is 1. The van der Waals surface area contributed by atoms with E-state index in [0.717, 1.165) is 0 Å². The SMILES string of the molecule is O=[N+]([O-])c1cc([N+](=O)[O-])c2c(n1)nc(C(F)(F)F)n2O. The Morgan fingerprint density at radius 2 is 1.80 bits per heavy atom. The van der Waals surface area contributed by atoms with Gasteiger partial charge in [0.15, 0.2) is 0 Å². The Balaban J connectivity index is 2.90. The zero-order valence-electron chi connectivity index (χ0n) is 9.03. The smallest absolute Gasteiger partial charge is 0.426 e. The molecule has 2 aromatic rings. The van der Waals surface area contributed by atoms with Gasteiger partial charge in [-0.3, -0.25) is 10.1 Å². The number of fused-ring (bicyclic) bond motifs is 1. The average molecular weight is 293 g/mol. The van der Waals surface area contributed by atoms with Gasteiger partial charge in [-0.15, -0.1) is 4.73 Å². The lowest BCUT2D eigenvalue weighted by molar-refractivity contribution is -0.396. The third-order valence-corrected chi connectivity index (χ3v) is 2.20. The summed E-state index contributed by atoms with van der Waals surface area (Å²) in [5.74, 6) is -2.93. The van der Waals surface area contributed by atoms with Crippen LogP contribution < -0.4 is 0 Å². The van der Waals surface area contributed by atoms with Crippen molar-refractivity contribution < 1.29 is 28.2 Å². The summed E-state index contributed by atoms with van der Waals surface area (Å²) in [6.45, 7) is 0. The van der Waals surface area contributed by atoms with Crippen molar-refractivity contribution in [3.8, 4) is 0 Å². The van der Waals surface area contributed by atoms with E-state index in [9.17, 15) is 38.6 Å². The van der Waals surface area contributed by atoms with Crippen LogP contribution in [0.4, 0.5) is 24.7 Å². The maximum atomic E-state index is 12.5. The van der Waals surface area contributed by atoms with Crippen LogP contribution in [0.3, 0.4) is 0 Å². The molecule has 0 amide bonds. The minimum Gasteiger partial charge on any atom is -0.426 e. The van der Waals surface area contributed by atoms with Crippen LogP contribution in [-0.2, 0) is 6.18 Å². The van der Waals surface area contributed by atoms with Crippen LogP contribution >= 0.6 is 0 Å². The number of halogens is 3. The van der Waals surface area contributed by atoms with E-state index in [0.29, 0.717) is 6.07 Å². The number of hydrogen-bond acceptors (Lipinski definition) is 7. The molecule has 2 heterocycles. The first-order chi connectivity index (χ1) is 9.12. The van der Waals surface area contributed by atoms with Gasteiger partial charge in [-0.2, -0.15) is 18.2 Å². The summed E-state index contributed by atoms with van der Waals surface area (Å²) < 4.78 is 36.9. The van der Waals surface area contributed by atoms with Crippen LogP contribution in [0.15, 0.2) is 6.07 Å². The molecule has 2 aromatic heterocycles. The van der Waals surface area contributed by atoms with Crippen LogP contribution in [0, 0.1) is 20.2 Å². The molecular weight excluding hydrogens is 291 g/mol. The molecular formula is C7H2F3N5O5. The zero-order valence-corrected chi connectivity index (χ0v) is 9.03. The third-order valence-electron chi connectivity index (χ3n) is 2.20. The van der Waals surface area contributed by atoms with Gasteiger partial charge < -0.3 is 15.3 Å². The molecule has 0 bridgehead atoms. The van der Waals surface area contributed by atoms with Gasteiger partial charge in [-0.1, -0.05) is 0 Å². The molecule has 0 aromatic carbocycles. The lowest BCUT2D eigenvalue weighted by Crippen LogP contribution is -2.13. The molecule has 106 valence electrons. The molecule has 0 spiro atoms. The molecule has 0 aliphatic heterocycles. The van der Waals surface area contributed by atoms with E-state index in [1.165, 1.54) is 0 Å². The van der Waals surface area contributed by atoms with Gasteiger partial charge in [0.05, 0.1) is 4.92 Å². The molecule has 0 saturated carbocycles. The maximum Gasteiger partial charge on any atom is 0.453 e. The number of nitro groups is 2. The first-order valence-electron chi connectivity index (χ1n) is 4.61. The van der Waals surface area contributed by atoms with E-state index < -0.39 is 49.2 Å². The third kappa shape index (κ3) is 1.94. The van der Waals surface area contributed by atoms with Gasteiger partial charge in [-0.05, 0) is 9.91 Å². The number of alkyl halides is 3. The highest BCUT2D eigenvalue weighted by Gasteiger charge is 2.41. The number of hydrogen-bond donors (Lipinski definition) is 1. The number of imidazole rings is 1. The Morgan fingerprint density at radius 1 is 1.20 bits per heavy atom. The highest BCUT2D eigenvalue weighted by molar-refractivity contribution is 5.83. The Bertz CT molecular complexity index is 739. The van der Waals surface area contributed by atoms with E-state index >= 15 is 0 Å². The predicted octanol–water partition coefficient (Wildman–Crippen LogP) is 1.50. The molecule has 13 heteroatoms. The van der Waals surface area contributed by atoms with E-state index in [1.807, 2.05) is 0 Å². The first kappa shape index (κ1) is 13.4. The Labute approximate surface area is 105 Å². The van der Waals surface area contributed by atoms with Gasteiger partial charge in [0, 0.05) is 0 Å². The van der Waals surface area contributed by atoms with E-state index in [-0.39, 0.29) is 0 Å². The summed E-state index contributed by atoms with van der Waals surface area (Å²) in [5, 5.41) is 30.5. The minimum absolute atomic E-state index is 0.330. The molecule has 20 heavy (non-hydrogen) atoms. The first-order valence-corrected chi connectivity index (χ1v) is 4.61. The maximum absolute atomic E-state index is 12.5. The van der Waals surface area contributed by atoms with Gasteiger partial charge >= 0.3 is 23.3 Å². The van der Waals surface area contributed by atoms with Crippen LogP contribution in [0.25, 0.3) is 11.2 Å². The molecule has 0 fully saturated rings. The lowest BCUT2D eigenvalue weighted by atomic mass is 10.3. The molecule has 1 N–H and O–H groups in total. The molecule has 0 aliphatic rings. The van der Waals surface area contributed by atoms with Crippen molar-refractivity contribution in [2.24, 2.45) is 0 Å². The Hall–Kier alpha value is -2.99. The van der Waals surface area contributed by atoms with Crippen molar-refractivity contribution in [2.75, 3.05) is 0 Å². The fourth-order valence-electron chi connectivity index (χ4n) is 1.45. The summed E-state index contributed by atoms with van der Waals surface area (Å²) in [5.41, 5.74) is -3.05. The summed E-state index contributed by atoms with van der Waals surface area (Å²) in [7, 11) is 0. The van der Waals surface area contributed by atoms with Gasteiger partial charge in [0.1, 0.15) is 6.07 Å². The molecule has 10 nitrogen and oxygen atoms in total. The highest BCUT2D eigenvalue weighted by atomic mass is 19.4. The normalized spacial score (nSPS) is 11.8. The Morgan fingerprint density at radius 3 is 2.25 bits per heavy atom. The zero-order chi connectivity index (χ0) is 15.2. The van der Waals surface area contributed by atoms with Crippen molar-refractivity contribution in [2.45, 2.75) is 6.18 Å². The second kappa shape index (κ2) is 4.01. The van der Waals surface area contributed by atoms with Crippen molar-refractivity contribution in [3.63, 3.8) is 0 Å². The van der Waals surface area contributed by atoms with Crippen LogP contribution in [0.5, 0.6) is 0 Å². The standard InChI is InChI=1S/C7H2F3N5O5/c8-7(9,10)6-12-5-4(13(6)16)2(14(17)18)1-3(11-5)15(19)20/h1,16H. The molecule has 0 saturated heterocycles. The van der Waals surface area contributed by atoms with E-state index in [2.05, 4.69) is 9.97 Å². The number of rotatable bonds is 2. The lowest BCUT2D eigenvalue weighted by Gasteiger charge is -2.03. The van der Waals surface area contributed by atoms with Crippen molar-refractivity contribution in [3.05, 3.63) is 32.1 Å². The quantitative estimate of drug-likeness (QED) is 0.503. The van der Waals surface area contributed by atoms with Crippen molar-refractivity contribution in [1.29, 1.82) is 0 Å². The van der Waals surface area contributed by atoms with E-state index in [1.54, 1.807) is 0 Å². The Kier molecular flexibility index (Phi) is 2.69. The van der Waals surface area contributed by atoms with Crippen LogP contribution in [0.2, 0.25) is 0 Å². The van der Waals surface area contributed by atoms with Gasteiger partial charge in [0.25, 0.3) is 5.82 Å².